The number of aliphatic hydroxyl groups is 1. The maximum atomic E-state index is 12.4. The molecule has 0 radical (unpaired) electrons. The van der Waals surface area contributed by atoms with Crippen molar-refractivity contribution in [3.63, 3.8) is 0 Å². The Morgan fingerprint density at radius 2 is 2.19 bits per heavy atom. The summed E-state index contributed by atoms with van der Waals surface area (Å²) in [7, 11) is 0. The number of hydrogen-bond acceptors (Lipinski definition) is 7. The van der Waals surface area contributed by atoms with E-state index in [-0.39, 0.29) is 24.0 Å². The van der Waals surface area contributed by atoms with Crippen LogP contribution in [0, 0.1) is 12.3 Å². The summed E-state index contributed by atoms with van der Waals surface area (Å²) in [5, 5.41) is 12.3. The van der Waals surface area contributed by atoms with Crippen LogP contribution in [0.1, 0.15) is 35.7 Å². The molecule has 0 bridgehead atoms. The molecular formula is C18H22N4O4. The maximum Gasteiger partial charge on any atom is 0.335 e. The van der Waals surface area contributed by atoms with E-state index in [1.807, 2.05) is 13.0 Å². The summed E-state index contributed by atoms with van der Waals surface area (Å²) in [6.45, 7) is 7.06. The average molecular weight is 358 g/mol. The fourth-order valence-corrected chi connectivity index (χ4v) is 3.12. The Kier molecular flexibility index (Phi) is 4.78. The molecule has 0 aromatic carbocycles. The average Bonchev–Trinajstić information content (AvgIpc) is 2.89. The highest BCUT2D eigenvalue weighted by atomic mass is 16.4. The monoisotopic (exact) mass is 358 g/mol. The lowest BCUT2D eigenvalue weighted by molar-refractivity contribution is 0.0914. The molecule has 1 aliphatic rings. The number of nitrogens with zero attached hydrogens (tertiary/aromatic N) is 3. The van der Waals surface area contributed by atoms with Gasteiger partial charge in [0.2, 0.25) is 0 Å². The highest BCUT2D eigenvalue weighted by Gasteiger charge is 2.41. The molecule has 8 nitrogen and oxygen atoms in total. The Morgan fingerprint density at radius 1 is 1.42 bits per heavy atom. The van der Waals surface area contributed by atoms with Crippen molar-refractivity contribution < 1.29 is 14.3 Å². The topological polar surface area (TPSA) is 109 Å². The van der Waals surface area contributed by atoms with Gasteiger partial charge in [0.05, 0.1) is 11.6 Å². The van der Waals surface area contributed by atoms with E-state index in [0.29, 0.717) is 24.5 Å². The zero-order chi connectivity index (χ0) is 18.9. The van der Waals surface area contributed by atoms with Gasteiger partial charge in [-0.2, -0.15) is 0 Å². The summed E-state index contributed by atoms with van der Waals surface area (Å²) in [6.07, 6.45) is 1.17. The Hall–Kier alpha value is -2.74. The van der Waals surface area contributed by atoms with E-state index in [9.17, 15) is 14.7 Å². The third kappa shape index (κ3) is 3.75. The lowest BCUT2D eigenvalue weighted by Crippen LogP contribution is -2.44. The lowest BCUT2D eigenvalue weighted by atomic mass is 9.87. The fraction of sp³-hybridized carbons (Fsp3) is 0.444. The molecule has 1 atom stereocenters. The van der Waals surface area contributed by atoms with Crippen LogP contribution < -0.4 is 15.8 Å². The van der Waals surface area contributed by atoms with Crippen LogP contribution in [0.2, 0.25) is 0 Å². The first-order valence-electron chi connectivity index (χ1n) is 8.38. The molecule has 1 fully saturated rings. The zero-order valence-corrected chi connectivity index (χ0v) is 15.0. The number of rotatable bonds is 4. The van der Waals surface area contributed by atoms with E-state index in [1.165, 1.54) is 18.4 Å². The third-order valence-corrected chi connectivity index (χ3v) is 4.57. The van der Waals surface area contributed by atoms with Crippen LogP contribution in [0.15, 0.2) is 33.7 Å². The molecule has 3 heterocycles. The molecule has 0 spiro atoms. The number of amides is 1. The minimum Gasteiger partial charge on any atom is -0.430 e. The van der Waals surface area contributed by atoms with Gasteiger partial charge >= 0.3 is 5.63 Å². The van der Waals surface area contributed by atoms with Crippen LogP contribution in [0.5, 0.6) is 0 Å². The van der Waals surface area contributed by atoms with Crippen molar-refractivity contribution in [2.75, 3.05) is 18.0 Å². The highest BCUT2D eigenvalue weighted by Crippen LogP contribution is 2.32. The summed E-state index contributed by atoms with van der Waals surface area (Å²) in [6, 6.07) is 4.42. The molecule has 2 N–H and O–H groups in total. The predicted octanol–water partition coefficient (Wildman–Crippen LogP) is 0.875. The van der Waals surface area contributed by atoms with Crippen molar-refractivity contribution in [3.8, 4) is 0 Å². The quantitative estimate of drug-likeness (QED) is 0.835. The zero-order valence-electron chi connectivity index (χ0n) is 15.0. The van der Waals surface area contributed by atoms with Gasteiger partial charge in [-0.3, -0.25) is 4.79 Å². The molecule has 3 rings (SSSR count). The van der Waals surface area contributed by atoms with E-state index < -0.39 is 5.63 Å². The normalized spacial score (nSPS) is 18.8. The van der Waals surface area contributed by atoms with Crippen LogP contribution in [-0.4, -0.2) is 40.1 Å². The molecule has 2 aromatic heterocycles. The summed E-state index contributed by atoms with van der Waals surface area (Å²) in [4.78, 5) is 34.1. The Morgan fingerprint density at radius 3 is 2.85 bits per heavy atom. The van der Waals surface area contributed by atoms with Gasteiger partial charge in [-0.05, 0) is 13.0 Å². The van der Waals surface area contributed by atoms with E-state index >= 15 is 0 Å². The lowest BCUT2D eigenvalue weighted by Gasteiger charge is -2.26. The second-order valence-electron chi connectivity index (χ2n) is 7.18. The minimum atomic E-state index is -0.493. The first-order valence-corrected chi connectivity index (χ1v) is 8.38. The first kappa shape index (κ1) is 18.1. The molecule has 8 heteroatoms. The van der Waals surface area contributed by atoms with E-state index in [1.54, 1.807) is 0 Å². The molecular weight excluding hydrogens is 336 g/mol. The van der Waals surface area contributed by atoms with Crippen molar-refractivity contribution in [2.24, 2.45) is 5.41 Å². The molecule has 26 heavy (non-hydrogen) atoms. The maximum absolute atomic E-state index is 12.4. The number of carbonyl (C=O) groups excluding carboxylic acids is 1. The van der Waals surface area contributed by atoms with Crippen LogP contribution in [0.25, 0.3) is 0 Å². The number of anilines is 1. The van der Waals surface area contributed by atoms with Crippen molar-refractivity contribution in [3.05, 3.63) is 52.0 Å². The Balaban J connectivity index is 1.77. The van der Waals surface area contributed by atoms with Crippen molar-refractivity contribution >= 4 is 11.7 Å². The first-order chi connectivity index (χ1) is 12.3. The predicted molar refractivity (Wildman–Crippen MR) is 94.9 cm³/mol. The molecule has 0 aliphatic carbocycles. The van der Waals surface area contributed by atoms with Gasteiger partial charge in [-0.15, -0.1) is 0 Å². The summed E-state index contributed by atoms with van der Waals surface area (Å²) in [5.41, 5.74) is 0.402. The number of aliphatic hydroxyl groups excluding tert-OH is 1. The summed E-state index contributed by atoms with van der Waals surface area (Å²) < 4.78 is 4.76. The SMILES string of the molecule is Cc1cc(N2CC(NC(=O)c3ccc(=O)oc3)C(C)(C)C2)nc(CO)n1. The number of aryl methyl sites for hydroxylation is 1. The van der Waals surface area contributed by atoms with Crippen LogP contribution >= 0.6 is 0 Å². The fourth-order valence-electron chi connectivity index (χ4n) is 3.12. The van der Waals surface area contributed by atoms with Crippen molar-refractivity contribution in [1.82, 2.24) is 15.3 Å². The smallest absolute Gasteiger partial charge is 0.335 e. The highest BCUT2D eigenvalue weighted by molar-refractivity contribution is 5.94. The summed E-state index contributed by atoms with van der Waals surface area (Å²) >= 11 is 0. The third-order valence-electron chi connectivity index (χ3n) is 4.57. The van der Waals surface area contributed by atoms with E-state index in [0.717, 1.165) is 11.5 Å². The van der Waals surface area contributed by atoms with Crippen LogP contribution in [0.4, 0.5) is 5.82 Å². The largest absolute Gasteiger partial charge is 0.430 e. The van der Waals surface area contributed by atoms with Gasteiger partial charge in [0, 0.05) is 36.3 Å². The summed E-state index contributed by atoms with van der Waals surface area (Å²) in [5.74, 6) is 0.824. The molecule has 1 saturated heterocycles. The van der Waals surface area contributed by atoms with Gasteiger partial charge in [-0.25, -0.2) is 14.8 Å². The number of hydrogen-bond donors (Lipinski definition) is 2. The van der Waals surface area contributed by atoms with Crippen LogP contribution in [0.3, 0.4) is 0 Å². The van der Waals surface area contributed by atoms with Gasteiger partial charge in [0.25, 0.3) is 5.91 Å². The standard InChI is InChI=1S/C18H22N4O4/c1-11-6-15(21-14(8-23)19-11)22-7-13(18(2,3)10-22)20-17(25)12-4-5-16(24)26-9-12/h4-6,9,13,23H,7-8,10H2,1-3H3,(H,20,25). The number of carbonyl (C=O) groups is 1. The number of aromatic nitrogens is 2. The van der Waals surface area contributed by atoms with Crippen molar-refractivity contribution in [2.45, 2.75) is 33.4 Å². The molecule has 1 unspecified atom stereocenters. The minimum absolute atomic E-state index is 0.116. The van der Waals surface area contributed by atoms with E-state index in [4.69, 9.17) is 4.42 Å². The van der Waals surface area contributed by atoms with Gasteiger partial charge in [0.15, 0.2) is 5.82 Å². The molecule has 138 valence electrons. The van der Waals surface area contributed by atoms with E-state index in [2.05, 4.69) is 34.0 Å². The van der Waals surface area contributed by atoms with Gasteiger partial charge in [-0.1, -0.05) is 13.8 Å². The van der Waals surface area contributed by atoms with Gasteiger partial charge < -0.3 is 19.7 Å². The van der Waals surface area contributed by atoms with Gasteiger partial charge in [0.1, 0.15) is 18.7 Å². The molecule has 2 aromatic rings. The Bertz CT molecular complexity index is 857. The molecule has 0 saturated carbocycles. The van der Waals surface area contributed by atoms with Crippen molar-refractivity contribution in [1.29, 1.82) is 0 Å². The van der Waals surface area contributed by atoms with Crippen LogP contribution in [-0.2, 0) is 6.61 Å². The molecule has 1 aliphatic heterocycles. The molecule has 1 amide bonds. The second-order valence-corrected chi connectivity index (χ2v) is 7.18. The second kappa shape index (κ2) is 6.87. The Labute approximate surface area is 150 Å². The number of nitrogens with one attached hydrogen (secondary N) is 1.